The van der Waals surface area contributed by atoms with Crippen LogP contribution in [0.1, 0.15) is 31.7 Å². The lowest BCUT2D eigenvalue weighted by atomic mass is 10.0. The number of rotatable bonds is 7. The molecule has 1 amide bonds. The molecule has 1 aliphatic rings. The van der Waals surface area contributed by atoms with E-state index in [0.29, 0.717) is 22.8 Å². The number of piperidine rings is 1. The first-order chi connectivity index (χ1) is 12.5. The van der Waals surface area contributed by atoms with Crippen LogP contribution in [0.5, 0.6) is 17.2 Å². The molecule has 1 aliphatic heterocycles. The van der Waals surface area contributed by atoms with Gasteiger partial charge in [-0.1, -0.05) is 0 Å². The van der Waals surface area contributed by atoms with Crippen LogP contribution in [0, 0.1) is 0 Å². The van der Waals surface area contributed by atoms with E-state index in [1.807, 2.05) is 6.92 Å². The maximum absolute atomic E-state index is 12.2. The Balaban J connectivity index is 1.96. The number of benzene rings is 1. The predicted octanol–water partition coefficient (Wildman–Crippen LogP) is 2.20. The summed E-state index contributed by atoms with van der Waals surface area (Å²) in [5.41, 5.74) is 0.656. The molecule has 1 aromatic carbocycles. The second-order valence-electron chi connectivity index (χ2n) is 6.30. The molecule has 0 bridgehead atoms. The molecule has 1 aromatic rings. The van der Waals surface area contributed by atoms with Gasteiger partial charge in [0.1, 0.15) is 0 Å². The number of carbonyl (C=O) groups excluding carboxylic acids is 2. The first kappa shape index (κ1) is 19.9. The lowest BCUT2D eigenvalue weighted by Crippen LogP contribution is -2.44. The van der Waals surface area contributed by atoms with Gasteiger partial charge in [0.2, 0.25) is 5.75 Å². The quantitative estimate of drug-likeness (QED) is 0.690. The van der Waals surface area contributed by atoms with Gasteiger partial charge >= 0.3 is 5.97 Å². The summed E-state index contributed by atoms with van der Waals surface area (Å²) < 4.78 is 21.0. The summed E-state index contributed by atoms with van der Waals surface area (Å²) >= 11 is 0. The van der Waals surface area contributed by atoms with E-state index in [9.17, 15) is 9.59 Å². The number of carbonyl (C=O) groups is 2. The molecule has 0 saturated carbocycles. The third kappa shape index (κ3) is 4.80. The summed E-state index contributed by atoms with van der Waals surface area (Å²) in [6, 6.07) is 3.58. The zero-order valence-corrected chi connectivity index (χ0v) is 15.9. The van der Waals surface area contributed by atoms with Crippen molar-refractivity contribution in [3.63, 3.8) is 0 Å². The number of methoxy groups -OCH3 is 3. The molecular weight excluding hydrogens is 338 g/mol. The number of amides is 1. The maximum atomic E-state index is 12.2. The summed E-state index contributed by atoms with van der Waals surface area (Å²) in [5.74, 6) is 0.773. The Hall–Kier alpha value is -2.44. The molecule has 26 heavy (non-hydrogen) atoms. The average Bonchev–Trinajstić information content (AvgIpc) is 2.65. The van der Waals surface area contributed by atoms with Gasteiger partial charge in [0.15, 0.2) is 18.1 Å². The summed E-state index contributed by atoms with van der Waals surface area (Å²) in [4.78, 5) is 26.2. The fraction of sp³-hybridized carbons (Fsp3) is 0.579. The molecule has 7 nitrogen and oxygen atoms in total. The smallest absolute Gasteiger partial charge is 0.310 e. The number of ether oxygens (including phenoxy) is 4. The van der Waals surface area contributed by atoms with Crippen LogP contribution in [-0.2, 0) is 20.7 Å². The van der Waals surface area contributed by atoms with E-state index in [2.05, 4.69) is 0 Å². The monoisotopic (exact) mass is 365 g/mol. The second-order valence-corrected chi connectivity index (χ2v) is 6.30. The van der Waals surface area contributed by atoms with E-state index in [4.69, 9.17) is 18.9 Å². The van der Waals surface area contributed by atoms with Gasteiger partial charge in [-0.05, 0) is 43.9 Å². The fourth-order valence-electron chi connectivity index (χ4n) is 3.15. The molecule has 0 aliphatic carbocycles. The molecule has 1 saturated heterocycles. The summed E-state index contributed by atoms with van der Waals surface area (Å²) in [6.45, 7) is 2.52. The van der Waals surface area contributed by atoms with Gasteiger partial charge in [0.25, 0.3) is 5.91 Å². The van der Waals surface area contributed by atoms with Crippen molar-refractivity contribution in [1.82, 2.24) is 4.90 Å². The van der Waals surface area contributed by atoms with E-state index in [-0.39, 0.29) is 25.0 Å². The Kier molecular flexibility index (Phi) is 7.12. The Morgan fingerprint density at radius 2 is 1.73 bits per heavy atom. The molecule has 1 fully saturated rings. The zero-order chi connectivity index (χ0) is 19.1. The molecule has 7 heteroatoms. The number of likely N-dealkylation sites (tertiary alicyclic amines) is 1. The van der Waals surface area contributed by atoms with Crippen LogP contribution in [-0.4, -0.2) is 57.3 Å². The molecule has 0 unspecified atom stereocenters. The topological polar surface area (TPSA) is 74.3 Å². The highest BCUT2D eigenvalue weighted by molar-refractivity contribution is 5.81. The normalized spacial score (nSPS) is 16.8. The van der Waals surface area contributed by atoms with Crippen molar-refractivity contribution in [1.29, 1.82) is 0 Å². The van der Waals surface area contributed by atoms with Gasteiger partial charge in [-0.2, -0.15) is 0 Å². The van der Waals surface area contributed by atoms with Crippen molar-refractivity contribution >= 4 is 11.9 Å². The van der Waals surface area contributed by atoms with Crippen molar-refractivity contribution in [2.75, 3.05) is 34.5 Å². The van der Waals surface area contributed by atoms with E-state index in [1.165, 1.54) is 21.3 Å². The van der Waals surface area contributed by atoms with E-state index in [1.54, 1.807) is 17.0 Å². The van der Waals surface area contributed by atoms with Crippen LogP contribution in [0.4, 0.5) is 0 Å². The first-order valence-corrected chi connectivity index (χ1v) is 8.74. The molecule has 0 radical (unpaired) electrons. The van der Waals surface area contributed by atoms with Gasteiger partial charge in [-0.15, -0.1) is 0 Å². The van der Waals surface area contributed by atoms with Crippen LogP contribution in [0.25, 0.3) is 0 Å². The van der Waals surface area contributed by atoms with Gasteiger partial charge in [0.05, 0.1) is 27.8 Å². The Labute approximate surface area is 154 Å². The number of hydrogen-bond donors (Lipinski definition) is 0. The Bertz CT molecular complexity index is 620. The van der Waals surface area contributed by atoms with Crippen molar-refractivity contribution in [3.05, 3.63) is 17.7 Å². The molecule has 0 spiro atoms. The molecule has 2 rings (SSSR count). The van der Waals surface area contributed by atoms with Crippen LogP contribution < -0.4 is 14.2 Å². The van der Waals surface area contributed by atoms with Crippen LogP contribution in [0.15, 0.2) is 12.1 Å². The van der Waals surface area contributed by atoms with Crippen molar-refractivity contribution < 1.29 is 28.5 Å². The van der Waals surface area contributed by atoms with Gasteiger partial charge in [-0.25, -0.2) is 0 Å². The maximum Gasteiger partial charge on any atom is 0.310 e. The Morgan fingerprint density at radius 3 is 2.27 bits per heavy atom. The summed E-state index contributed by atoms with van der Waals surface area (Å²) in [7, 11) is 4.54. The van der Waals surface area contributed by atoms with E-state index in [0.717, 1.165) is 25.8 Å². The molecule has 0 aromatic heterocycles. The minimum Gasteiger partial charge on any atom is -0.493 e. The molecule has 144 valence electrons. The third-order valence-corrected chi connectivity index (χ3v) is 4.55. The second kappa shape index (κ2) is 9.31. The molecule has 1 atom stereocenters. The minimum absolute atomic E-state index is 0.0134. The summed E-state index contributed by atoms with van der Waals surface area (Å²) in [6.07, 6.45) is 3.13. The van der Waals surface area contributed by atoms with Crippen molar-refractivity contribution in [3.8, 4) is 17.2 Å². The highest BCUT2D eigenvalue weighted by Gasteiger charge is 2.24. The van der Waals surface area contributed by atoms with E-state index < -0.39 is 5.97 Å². The Morgan fingerprint density at radius 1 is 1.08 bits per heavy atom. The highest BCUT2D eigenvalue weighted by atomic mass is 16.5. The van der Waals surface area contributed by atoms with Crippen molar-refractivity contribution in [2.45, 2.75) is 38.6 Å². The van der Waals surface area contributed by atoms with Crippen LogP contribution >= 0.6 is 0 Å². The number of hydrogen-bond acceptors (Lipinski definition) is 6. The van der Waals surface area contributed by atoms with Gasteiger partial charge < -0.3 is 23.8 Å². The standard InChI is InChI=1S/C19H27NO6/c1-13-7-5-6-8-20(13)17(21)12-26-18(22)11-14-9-15(23-2)19(25-4)16(10-14)24-3/h9-10,13H,5-8,11-12H2,1-4H3/t13-/m1/s1. The fourth-order valence-corrected chi connectivity index (χ4v) is 3.15. The SMILES string of the molecule is COc1cc(CC(=O)OCC(=O)N2CCCC[C@H]2C)cc(OC)c1OC. The van der Waals surface area contributed by atoms with Gasteiger partial charge in [-0.3, -0.25) is 9.59 Å². The van der Waals surface area contributed by atoms with E-state index >= 15 is 0 Å². The van der Waals surface area contributed by atoms with Crippen LogP contribution in [0.2, 0.25) is 0 Å². The third-order valence-electron chi connectivity index (χ3n) is 4.55. The average molecular weight is 365 g/mol. The highest BCUT2D eigenvalue weighted by Crippen LogP contribution is 2.38. The predicted molar refractivity (Wildman–Crippen MR) is 95.8 cm³/mol. The molecule has 0 N–H and O–H groups in total. The first-order valence-electron chi connectivity index (χ1n) is 8.74. The number of nitrogens with zero attached hydrogens (tertiary/aromatic N) is 1. The molecule has 1 heterocycles. The number of esters is 1. The van der Waals surface area contributed by atoms with Crippen molar-refractivity contribution in [2.24, 2.45) is 0 Å². The lowest BCUT2D eigenvalue weighted by molar-refractivity contribution is -0.153. The lowest BCUT2D eigenvalue weighted by Gasteiger charge is -2.33. The van der Waals surface area contributed by atoms with Gasteiger partial charge in [0, 0.05) is 12.6 Å². The zero-order valence-electron chi connectivity index (χ0n) is 15.9. The largest absolute Gasteiger partial charge is 0.493 e. The molecular formula is C19H27NO6. The summed E-state index contributed by atoms with van der Waals surface area (Å²) in [5, 5.41) is 0. The minimum atomic E-state index is -0.475. The van der Waals surface area contributed by atoms with Crippen LogP contribution in [0.3, 0.4) is 0 Å².